The number of fused-ring (bicyclic) bond motifs is 1. The molecule has 19 heavy (non-hydrogen) atoms. The van der Waals surface area contributed by atoms with E-state index < -0.39 is 0 Å². The zero-order valence-electron chi connectivity index (χ0n) is 12.0. The number of aromatic nitrogens is 2. The van der Waals surface area contributed by atoms with Crippen LogP contribution in [0.4, 0.5) is 0 Å². The fourth-order valence-electron chi connectivity index (χ4n) is 3.83. The van der Waals surface area contributed by atoms with Gasteiger partial charge in [0, 0.05) is 42.9 Å². The standard InChI is InChI=1S/C15H25N3O/c1-15(2)13(12-5-10-19-14(12)15)17-6-3-4-8-18-9-7-16-11-18/h7,9,11-14,17H,3-6,8,10H2,1-2H3. The van der Waals surface area contributed by atoms with Crippen molar-refractivity contribution in [1.82, 2.24) is 14.9 Å². The van der Waals surface area contributed by atoms with Gasteiger partial charge in [-0.3, -0.25) is 0 Å². The summed E-state index contributed by atoms with van der Waals surface area (Å²) in [6.07, 6.45) is 9.93. The van der Waals surface area contributed by atoms with Gasteiger partial charge in [0.1, 0.15) is 0 Å². The predicted molar refractivity (Wildman–Crippen MR) is 74.9 cm³/mol. The number of nitrogens with zero attached hydrogens (tertiary/aromatic N) is 2. The number of rotatable bonds is 6. The normalized spacial score (nSPS) is 32.0. The molecule has 0 aromatic carbocycles. The molecule has 1 aromatic heterocycles. The SMILES string of the molecule is CC1(C)C(NCCCCn2ccnc2)C2CCOC21. The lowest BCUT2D eigenvalue weighted by Crippen LogP contribution is -2.65. The van der Waals surface area contributed by atoms with Crippen LogP contribution in [0.2, 0.25) is 0 Å². The van der Waals surface area contributed by atoms with Gasteiger partial charge in [-0.2, -0.15) is 0 Å². The van der Waals surface area contributed by atoms with Gasteiger partial charge in [0.05, 0.1) is 12.4 Å². The smallest absolute Gasteiger partial charge is 0.0945 e. The highest BCUT2D eigenvalue weighted by Crippen LogP contribution is 2.51. The van der Waals surface area contributed by atoms with Gasteiger partial charge in [-0.1, -0.05) is 13.8 Å². The van der Waals surface area contributed by atoms with Crippen molar-refractivity contribution in [2.75, 3.05) is 13.2 Å². The monoisotopic (exact) mass is 263 g/mol. The largest absolute Gasteiger partial charge is 0.377 e. The molecule has 1 N–H and O–H groups in total. The Bertz CT molecular complexity index is 402. The summed E-state index contributed by atoms with van der Waals surface area (Å²) in [5.41, 5.74) is 0.311. The molecule has 1 saturated carbocycles. The van der Waals surface area contributed by atoms with Gasteiger partial charge in [0.25, 0.3) is 0 Å². The summed E-state index contributed by atoms with van der Waals surface area (Å²) in [5, 5.41) is 3.76. The third-order valence-corrected chi connectivity index (χ3v) is 4.87. The fourth-order valence-corrected chi connectivity index (χ4v) is 3.83. The van der Waals surface area contributed by atoms with Crippen molar-refractivity contribution in [3.8, 4) is 0 Å². The van der Waals surface area contributed by atoms with Crippen LogP contribution in [-0.4, -0.2) is 34.8 Å². The first kappa shape index (κ1) is 13.1. The zero-order valence-corrected chi connectivity index (χ0v) is 12.0. The van der Waals surface area contributed by atoms with Crippen LogP contribution in [0.25, 0.3) is 0 Å². The summed E-state index contributed by atoms with van der Waals surface area (Å²) in [6, 6.07) is 0.647. The van der Waals surface area contributed by atoms with Crippen molar-refractivity contribution in [1.29, 1.82) is 0 Å². The maximum atomic E-state index is 5.82. The van der Waals surface area contributed by atoms with Gasteiger partial charge < -0.3 is 14.6 Å². The van der Waals surface area contributed by atoms with Crippen molar-refractivity contribution in [2.24, 2.45) is 11.3 Å². The van der Waals surface area contributed by atoms with Crippen molar-refractivity contribution in [3.05, 3.63) is 18.7 Å². The van der Waals surface area contributed by atoms with Crippen LogP contribution in [0.3, 0.4) is 0 Å². The summed E-state index contributed by atoms with van der Waals surface area (Å²) in [4.78, 5) is 4.06. The van der Waals surface area contributed by atoms with E-state index in [9.17, 15) is 0 Å². The molecule has 3 atom stereocenters. The van der Waals surface area contributed by atoms with Crippen LogP contribution in [0.5, 0.6) is 0 Å². The Kier molecular flexibility index (Phi) is 3.63. The van der Waals surface area contributed by atoms with E-state index in [1.54, 1.807) is 0 Å². The second-order valence-corrected chi connectivity index (χ2v) is 6.50. The van der Waals surface area contributed by atoms with E-state index in [2.05, 4.69) is 28.7 Å². The van der Waals surface area contributed by atoms with Crippen LogP contribution in [0.15, 0.2) is 18.7 Å². The summed E-state index contributed by atoms with van der Waals surface area (Å²) in [7, 11) is 0. The molecule has 1 aromatic rings. The molecule has 3 unspecified atom stereocenters. The lowest BCUT2D eigenvalue weighted by Gasteiger charge is -2.55. The number of imidazole rings is 1. The zero-order chi connectivity index (χ0) is 13.3. The molecular weight excluding hydrogens is 238 g/mol. The Labute approximate surface area is 115 Å². The predicted octanol–water partition coefficient (Wildman–Crippen LogP) is 2.07. The quantitative estimate of drug-likeness (QED) is 0.799. The summed E-state index contributed by atoms with van der Waals surface area (Å²) >= 11 is 0. The van der Waals surface area contributed by atoms with Crippen LogP contribution in [0, 0.1) is 11.3 Å². The van der Waals surface area contributed by atoms with Crippen LogP contribution >= 0.6 is 0 Å². The minimum Gasteiger partial charge on any atom is -0.377 e. The number of ether oxygens (including phenoxy) is 1. The molecule has 1 saturated heterocycles. The van der Waals surface area contributed by atoms with Crippen molar-refractivity contribution in [2.45, 2.75) is 51.8 Å². The Morgan fingerprint density at radius 1 is 1.42 bits per heavy atom. The average Bonchev–Trinajstić information content (AvgIpc) is 3.03. The van der Waals surface area contributed by atoms with E-state index in [1.807, 2.05) is 18.7 Å². The van der Waals surface area contributed by atoms with E-state index in [-0.39, 0.29) is 0 Å². The second-order valence-electron chi connectivity index (χ2n) is 6.50. The summed E-state index contributed by atoms with van der Waals surface area (Å²) in [6.45, 7) is 7.82. The molecule has 4 nitrogen and oxygen atoms in total. The fraction of sp³-hybridized carbons (Fsp3) is 0.800. The van der Waals surface area contributed by atoms with E-state index >= 15 is 0 Å². The molecule has 2 aliphatic rings. The minimum absolute atomic E-state index is 0.311. The van der Waals surface area contributed by atoms with Gasteiger partial charge >= 0.3 is 0 Å². The third kappa shape index (κ3) is 2.43. The number of hydrogen-bond donors (Lipinski definition) is 1. The highest BCUT2D eigenvalue weighted by molar-refractivity contribution is 5.11. The molecule has 3 rings (SSSR count). The maximum Gasteiger partial charge on any atom is 0.0945 e. The van der Waals surface area contributed by atoms with Gasteiger partial charge in [-0.15, -0.1) is 0 Å². The molecule has 2 heterocycles. The maximum absolute atomic E-state index is 5.82. The molecular formula is C15H25N3O. The van der Waals surface area contributed by atoms with Crippen LogP contribution in [0.1, 0.15) is 33.1 Å². The molecule has 4 heteroatoms. The summed E-state index contributed by atoms with van der Waals surface area (Å²) < 4.78 is 7.97. The molecule has 106 valence electrons. The number of unbranched alkanes of at least 4 members (excludes halogenated alkanes) is 1. The molecule has 0 amide bonds. The van der Waals surface area contributed by atoms with Gasteiger partial charge in [0.15, 0.2) is 0 Å². The van der Waals surface area contributed by atoms with Crippen molar-refractivity contribution < 1.29 is 4.74 Å². The van der Waals surface area contributed by atoms with Crippen LogP contribution in [-0.2, 0) is 11.3 Å². The highest BCUT2D eigenvalue weighted by atomic mass is 16.5. The van der Waals surface area contributed by atoms with Gasteiger partial charge in [0.2, 0.25) is 0 Å². The molecule has 2 fully saturated rings. The van der Waals surface area contributed by atoms with E-state index in [0.717, 1.165) is 25.6 Å². The number of nitrogens with one attached hydrogen (secondary N) is 1. The molecule has 1 aliphatic carbocycles. The first-order chi connectivity index (χ1) is 9.19. The first-order valence-corrected chi connectivity index (χ1v) is 7.50. The Morgan fingerprint density at radius 2 is 2.32 bits per heavy atom. The van der Waals surface area contributed by atoms with Crippen molar-refractivity contribution in [3.63, 3.8) is 0 Å². The van der Waals surface area contributed by atoms with E-state index in [1.165, 1.54) is 19.3 Å². The molecule has 0 bridgehead atoms. The average molecular weight is 263 g/mol. The van der Waals surface area contributed by atoms with E-state index in [4.69, 9.17) is 4.74 Å². The highest BCUT2D eigenvalue weighted by Gasteiger charge is 2.58. The van der Waals surface area contributed by atoms with Gasteiger partial charge in [-0.25, -0.2) is 4.98 Å². The topological polar surface area (TPSA) is 39.1 Å². The Hall–Kier alpha value is -0.870. The van der Waals surface area contributed by atoms with Gasteiger partial charge in [-0.05, 0) is 25.8 Å². The lowest BCUT2D eigenvalue weighted by atomic mass is 9.57. The van der Waals surface area contributed by atoms with Crippen molar-refractivity contribution >= 4 is 0 Å². The Balaban J connectivity index is 1.36. The minimum atomic E-state index is 0.311. The molecule has 1 aliphatic heterocycles. The number of aryl methyl sites for hydroxylation is 1. The third-order valence-electron chi connectivity index (χ3n) is 4.87. The molecule has 0 radical (unpaired) electrons. The second kappa shape index (κ2) is 5.25. The Morgan fingerprint density at radius 3 is 3.11 bits per heavy atom. The lowest BCUT2D eigenvalue weighted by molar-refractivity contribution is -0.112. The van der Waals surface area contributed by atoms with E-state index in [0.29, 0.717) is 17.6 Å². The first-order valence-electron chi connectivity index (χ1n) is 7.50. The summed E-state index contributed by atoms with van der Waals surface area (Å²) in [5.74, 6) is 0.753. The molecule has 0 spiro atoms. The number of hydrogen-bond acceptors (Lipinski definition) is 3. The van der Waals surface area contributed by atoms with Crippen LogP contribution < -0.4 is 5.32 Å².